The van der Waals surface area contributed by atoms with Crippen LogP contribution >= 0.6 is 0 Å². The SMILES string of the molecule is CC1(C)C(=O)Nc2ccccc2N1C(=O)COC(=O)CCN=C1NS(=O)(=O)c2ccccc21. The Hall–Kier alpha value is -3.73. The van der Waals surface area contributed by atoms with Crippen LogP contribution in [0, 0.1) is 0 Å². The van der Waals surface area contributed by atoms with Gasteiger partial charge in [-0.2, -0.15) is 0 Å². The fourth-order valence-electron chi connectivity index (χ4n) is 3.69. The van der Waals surface area contributed by atoms with E-state index in [4.69, 9.17) is 4.74 Å². The van der Waals surface area contributed by atoms with E-state index in [0.29, 0.717) is 16.9 Å². The maximum Gasteiger partial charge on any atom is 0.308 e. The summed E-state index contributed by atoms with van der Waals surface area (Å²) >= 11 is 0. The Morgan fingerprint density at radius 1 is 1.09 bits per heavy atom. The van der Waals surface area contributed by atoms with Crippen molar-refractivity contribution < 1.29 is 27.5 Å². The van der Waals surface area contributed by atoms with Crippen LogP contribution in [-0.4, -0.2) is 50.7 Å². The van der Waals surface area contributed by atoms with Gasteiger partial charge in [0.2, 0.25) is 5.91 Å². The van der Waals surface area contributed by atoms with Crippen LogP contribution in [0.4, 0.5) is 11.4 Å². The van der Waals surface area contributed by atoms with Crippen molar-refractivity contribution in [3.63, 3.8) is 0 Å². The third-order valence-corrected chi connectivity index (χ3v) is 6.76. The zero-order chi connectivity index (χ0) is 23.8. The fraction of sp³-hybridized carbons (Fsp3) is 0.273. The van der Waals surface area contributed by atoms with E-state index < -0.39 is 34.0 Å². The zero-order valence-electron chi connectivity index (χ0n) is 18.0. The highest BCUT2D eigenvalue weighted by Crippen LogP contribution is 2.36. The van der Waals surface area contributed by atoms with E-state index in [1.54, 1.807) is 56.3 Å². The largest absolute Gasteiger partial charge is 0.455 e. The predicted molar refractivity (Wildman–Crippen MR) is 120 cm³/mol. The summed E-state index contributed by atoms with van der Waals surface area (Å²) < 4.78 is 31.7. The van der Waals surface area contributed by atoms with Crippen LogP contribution in [0.2, 0.25) is 0 Å². The number of nitrogens with one attached hydrogen (secondary N) is 2. The molecule has 0 saturated carbocycles. The summed E-state index contributed by atoms with van der Waals surface area (Å²) in [4.78, 5) is 43.1. The van der Waals surface area contributed by atoms with E-state index in [2.05, 4.69) is 15.0 Å². The number of ether oxygens (including phenoxy) is 1. The molecule has 2 heterocycles. The van der Waals surface area contributed by atoms with Crippen LogP contribution in [-0.2, 0) is 29.1 Å². The van der Waals surface area contributed by atoms with Gasteiger partial charge < -0.3 is 10.1 Å². The predicted octanol–water partition coefficient (Wildman–Crippen LogP) is 1.42. The number of esters is 1. The van der Waals surface area contributed by atoms with Gasteiger partial charge in [-0.15, -0.1) is 0 Å². The van der Waals surface area contributed by atoms with Crippen LogP contribution in [0.3, 0.4) is 0 Å². The first kappa shape index (κ1) is 22.5. The van der Waals surface area contributed by atoms with Gasteiger partial charge in [-0.1, -0.05) is 24.3 Å². The van der Waals surface area contributed by atoms with Crippen molar-refractivity contribution in [2.75, 3.05) is 23.4 Å². The monoisotopic (exact) mass is 470 g/mol. The van der Waals surface area contributed by atoms with E-state index >= 15 is 0 Å². The van der Waals surface area contributed by atoms with Crippen LogP contribution in [0.5, 0.6) is 0 Å². The number of nitrogens with zero attached hydrogens (tertiary/aromatic N) is 2. The lowest BCUT2D eigenvalue weighted by molar-refractivity contribution is -0.148. The Labute approximate surface area is 190 Å². The number of amides is 2. The van der Waals surface area contributed by atoms with Gasteiger partial charge in [-0.05, 0) is 38.1 Å². The maximum absolute atomic E-state index is 12.9. The molecule has 0 bridgehead atoms. The molecule has 0 spiro atoms. The minimum Gasteiger partial charge on any atom is -0.455 e. The Balaban J connectivity index is 1.38. The number of fused-ring (bicyclic) bond motifs is 2. The molecule has 4 rings (SSSR count). The molecule has 0 unspecified atom stereocenters. The van der Waals surface area contributed by atoms with E-state index in [1.165, 1.54) is 11.0 Å². The van der Waals surface area contributed by atoms with Crippen LogP contribution in [0.1, 0.15) is 25.8 Å². The van der Waals surface area contributed by atoms with E-state index in [-0.39, 0.29) is 29.6 Å². The normalized spacial score (nSPS) is 18.7. The first-order chi connectivity index (χ1) is 15.6. The Bertz CT molecular complexity index is 1290. The number of anilines is 2. The van der Waals surface area contributed by atoms with Crippen molar-refractivity contribution in [1.82, 2.24) is 4.72 Å². The van der Waals surface area contributed by atoms with E-state index in [0.717, 1.165) is 0 Å². The number of amidine groups is 1. The summed E-state index contributed by atoms with van der Waals surface area (Å²) in [5.74, 6) is -1.41. The van der Waals surface area contributed by atoms with Crippen LogP contribution in [0.25, 0.3) is 0 Å². The summed E-state index contributed by atoms with van der Waals surface area (Å²) in [6, 6.07) is 13.3. The second-order valence-corrected chi connectivity index (χ2v) is 9.65. The Morgan fingerprint density at radius 2 is 1.79 bits per heavy atom. The first-order valence-electron chi connectivity index (χ1n) is 10.2. The summed E-state index contributed by atoms with van der Waals surface area (Å²) in [6.45, 7) is 2.64. The summed E-state index contributed by atoms with van der Waals surface area (Å²) in [5.41, 5.74) is 0.278. The van der Waals surface area contributed by atoms with Crippen LogP contribution in [0.15, 0.2) is 58.4 Å². The number of rotatable bonds is 5. The van der Waals surface area contributed by atoms with Gasteiger partial charge in [-0.25, -0.2) is 8.42 Å². The topological polar surface area (TPSA) is 134 Å². The molecule has 2 aliphatic rings. The minimum absolute atomic E-state index is 0.0281. The van der Waals surface area contributed by atoms with Crippen molar-refractivity contribution in [2.45, 2.75) is 30.7 Å². The highest BCUT2D eigenvalue weighted by molar-refractivity contribution is 7.90. The standard InChI is InChI=1S/C22H22N4O6S/c1-22(2)21(29)24-15-8-4-5-9-16(15)26(22)18(27)13-32-19(28)11-12-23-20-14-7-3-6-10-17(14)33(30,31)25-20/h3-10H,11-13H2,1-2H3,(H,23,25)(H,24,29). The number of para-hydroxylation sites is 2. The molecule has 33 heavy (non-hydrogen) atoms. The molecule has 0 saturated heterocycles. The molecule has 0 radical (unpaired) electrons. The molecule has 10 nitrogen and oxygen atoms in total. The maximum atomic E-state index is 12.9. The van der Waals surface area contributed by atoms with Crippen molar-refractivity contribution in [3.05, 3.63) is 54.1 Å². The smallest absolute Gasteiger partial charge is 0.308 e. The van der Waals surface area contributed by atoms with Gasteiger partial charge >= 0.3 is 5.97 Å². The van der Waals surface area contributed by atoms with Crippen molar-refractivity contribution in [2.24, 2.45) is 4.99 Å². The first-order valence-corrected chi connectivity index (χ1v) is 11.7. The molecule has 0 fully saturated rings. The zero-order valence-corrected chi connectivity index (χ0v) is 18.8. The molecular weight excluding hydrogens is 448 g/mol. The number of carbonyl (C=O) groups excluding carboxylic acids is 3. The lowest BCUT2D eigenvalue weighted by Gasteiger charge is -2.41. The third kappa shape index (κ3) is 4.19. The number of carbonyl (C=O) groups is 3. The van der Waals surface area contributed by atoms with Crippen molar-refractivity contribution in [1.29, 1.82) is 0 Å². The molecule has 2 N–H and O–H groups in total. The molecule has 11 heteroatoms. The lowest BCUT2D eigenvalue weighted by Crippen LogP contribution is -2.59. The molecule has 2 amide bonds. The molecule has 0 aliphatic carbocycles. The summed E-state index contributed by atoms with van der Waals surface area (Å²) in [5, 5.41) is 2.76. The number of aliphatic imine (C=N–C) groups is 1. The minimum atomic E-state index is -3.66. The highest BCUT2D eigenvalue weighted by Gasteiger charge is 2.43. The lowest BCUT2D eigenvalue weighted by atomic mass is 9.96. The molecule has 0 aromatic heterocycles. The van der Waals surface area contributed by atoms with Crippen molar-refractivity contribution in [3.8, 4) is 0 Å². The van der Waals surface area contributed by atoms with Gasteiger partial charge in [0.05, 0.1) is 29.2 Å². The fourth-order valence-corrected chi connectivity index (χ4v) is 4.94. The number of hydrogen-bond acceptors (Lipinski definition) is 7. The highest BCUT2D eigenvalue weighted by atomic mass is 32.2. The number of benzene rings is 2. The van der Waals surface area contributed by atoms with Gasteiger partial charge in [0.1, 0.15) is 11.4 Å². The molecule has 0 atom stereocenters. The molecule has 2 aliphatic heterocycles. The molecule has 2 aromatic carbocycles. The molecular formula is C22H22N4O6S. The second kappa shape index (κ2) is 8.32. The molecule has 2 aromatic rings. The van der Waals surface area contributed by atoms with Gasteiger partial charge in [-0.3, -0.25) is 29.0 Å². The Kier molecular flexibility index (Phi) is 5.66. The van der Waals surface area contributed by atoms with Gasteiger partial charge in [0.25, 0.3) is 15.9 Å². The number of hydrogen-bond donors (Lipinski definition) is 2. The van der Waals surface area contributed by atoms with Crippen LogP contribution < -0.4 is 14.9 Å². The van der Waals surface area contributed by atoms with Gasteiger partial charge in [0, 0.05) is 5.56 Å². The van der Waals surface area contributed by atoms with Gasteiger partial charge in [0.15, 0.2) is 6.61 Å². The van der Waals surface area contributed by atoms with E-state index in [1.807, 2.05) is 0 Å². The average Bonchev–Trinajstić information content (AvgIpc) is 3.03. The quantitative estimate of drug-likeness (QED) is 0.635. The van der Waals surface area contributed by atoms with E-state index in [9.17, 15) is 22.8 Å². The third-order valence-electron chi connectivity index (χ3n) is 5.36. The second-order valence-electron chi connectivity index (χ2n) is 8.00. The average molecular weight is 471 g/mol. The summed E-state index contributed by atoms with van der Waals surface area (Å²) in [6.07, 6.45) is -0.152. The Morgan fingerprint density at radius 3 is 2.58 bits per heavy atom. The molecule has 172 valence electrons. The summed E-state index contributed by atoms with van der Waals surface area (Å²) in [7, 11) is -3.66. The van der Waals surface area contributed by atoms with Crippen molar-refractivity contribution >= 4 is 45.0 Å². The number of sulfonamides is 1.